The first-order valence-electron chi connectivity index (χ1n) is 4.95. The Bertz CT molecular complexity index is 567. The van der Waals surface area contributed by atoms with Crippen LogP contribution < -0.4 is 0 Å². The first-order valence-corrected chi connectivity index (χ1v) is 6.62. The van der Waals surface area contributed by atoms with Crippen molar-refractivity contribution in [3.63, 3.8) is 0 Å². The SMILES string of the molecule is Cc1ncsc1C(=O)Cc1cc(Br)ccc1F. The fourth-order valence-electron chi connectivity index (χ4n) is 1.50. The summed E-state index contributed by atoms with van der Waals surface area (Å²) >= 11 is 4.55. The Labute approximate surface area is 111 Å². The number of nitrogens with zero attached hydrogens (tertiary/aromatic N) is 1. The van der Waals surface area contributed by atoms with E-state index in [1.165, 1.54) is 17.4 Å². The molecule has 2 aromatic rings. The molecule has 0 saturated heterocycles. The Morgan fingerprint density at radius 3 is 2.94 bits per heavy atom. The third-order valence-corrected chi connectivity index (χ3v) is 3.82. The summed E-state index contributed by atoms with van der Waals surface area (Å²) in [5.41, 5.74) is 2.73. The number of Topliss-reactive ketones (excluding diaryl/α,β-unsaturated/α-hetero) is 1. The maximum Gasteiger partial charge on any atom is 0.179 e. The predicted octanol–water partition coefficient (Wildman–Crippen LogP) is 3.78. The summed E-state index contributed by atoms with van der Waals surface area (Å²) in [6, 6.07) is 4.59. The van der Waals surface area contributed by atoms with E-state index >= 15 is 0 Å². The van der Waals surface area contributed by atoms with Gasteiger partial charge >= 0.3 is 0 Å². The standard InChI is InChI=1S/C12H9BrFNOS/c1-7-12(17-6-15-7)11(16)5-8-4-9(13)2-3-10(8)14/h2-4,6H,5H2,1H3. The van der Waals surface area contributed by atoms with Crippen LogP contribution in [0.4, 0.5) is 4.39 Å². The monoisotopic (exact) mass is 313 g/mol. The summed E-state index contributed by atoms with van der Waals surface area (Å²) in [5.74, 6) is -0.453. The average Bonchev–Trinajstić information content (AvgIpc) is 2.70. The number of thiazole rings is 1. The Kier molecular flexibility index (Phi) is 3.69. The summed E-state index contributed by atoms with van der Waals surface area (Å²) in [4.78, 5) is 16.6. The molecule has 0 aliphatic rings. The second-order valence-electron chi connectivity index (χ2n) is 3.60. The van der Waals surface area contributed by atoms with Crippen molar-refractivity contribution in [2.75, 3.05) is 0 Å². The molecule has 0 saturated carbocycles. The van der Waals surface area contributed by atoms with Crippen molar-refractivity contribution in [2.45, 2.75) is 13.3 Å². The number of carbonyl (C=O) groups excluding carboxylic acids is 1. The summed E-state index contributed by atoms with van der Waals surface area (Å²) in [5, 5.41) is 0. The van der Waals surface area contributed by atoms with Crippen LogP contribution in [0.15, 0.2) is 28.2 Å². The highest BCUT2D eigenvalue weighted by molar-refractivity contribution is 9.10. The van der Waals surface area contributed by atoms with Gasteiger partial charge in [-0.25, -0.2) is 9.37 Å². The molecule has 0 aliphatic heterocycles. The molecule has 0 bridgehead atoms. The molecule has 0 spiro atoms. The zero-order valence-corrected chi connectivity index (χ0v) is 11.4. The van der Waals surface area contributed by atoms with E-state index < -0.39 is 0 Å². The Hall–Kier alpha value is -1.07. The van der Waals surface area contributed by atoms with Crippen LogP contribution in [0.3, 0.4) is 0 Å². The molecule has 17 heavy (non-hydrogen) atoms. The lowest BCUT2D eigenvalue weighted by molar-refractivity contribution is 0.0995. The molecule has 0 N–H and O–H groups in total. The fourth-order valence-corrected chi connectivity index (χ4v) is 2.65. The quantitative estimate of drug-likeness (QED) is 0.807. The molecule has 88 valence electrons. The van der Waals surface area contributed by atoms with Crippen LogP contribution in [0.5, 0.6) is 0 Å². The minimum atomic E-state index is -0.358. The average molecular weight is 314 g/mol. The molecule has 1 heterocycles. The molecule has 0 radical (unpaired) electrons. The smallest absolute Gasteiger partial charge is 0.179 e. The molecule has 5 heteroatoms. The molecule has 0 aliphatic carbocycles. The zero-order chi connectivity index (χ0) is 12.4. The highest BCUT2D eigenvalue weighted by atomic mass is 79.9. The number of benzene rings is 1. The summed E-state index contributed by atoms with van der Waals surface area (Å²) < 4.78 is 14.3. The first kappa shape index (κ1) is 12.4. The van der Waals surface area contributed by atoms with Gasteiger partial charge in [0.1, 0.15) is 5.82 Å². The van der Waals surface area contributed by atoms with E-state index in [0.717, 1.165) is 4.47 Å². The van der Waals surface area contributed by atoms with Gasteiger partial charge in [-0.2, -0.15) is 0 Å². The minimum Gasteiger partial charge on any atom is -0.293 e. The molecule has 0 amide bonds. The summed E-state index contributed by atoms with van der Waals surface area (Å²) in [7, 11) is 0. The normalized spacial score (nSPS) is 10.5. The molecule has 0 atom stereocenters. The third-order valence-electron chi connectivity index (χ3n) is 2.36. The van der Waals surface area contributed by atoms with Crippen LogP contribution in [-0.2, 0) is 6.42 Å². The number of hydrogen-bond acceptors (Lipinski definition) is 3. The second-order valence-corrected chi connectivity index (χ2v) is 5.37. The molecular weight excluding hydrogens is 305 g/mol. The molecule has 0 fully saturated rings. The number of carbonyl (C=O) groups is 1. The van der Waals surface area contributed by atoms with E-state index in [2.05, 4.69) is 20.9 Å². The van der Waals surface area contributed by atoms with Gasteiger partial charge in [-0.1, -0.05) is 15.9 Å². The molecule has 2 rings (SSSR count). The Balaban J connectivity index is 2.24. The second kappa shape index (κ2) is 5.06. The number of aryl methyl sites for hydroxylation is 1. The van der Waals surface area contributed by atoms with Crippen LogP contribution in [0.25, 0.3) is 0 Å². The molecule has 2 nitrogen and oxygen atoms in total. The van der Waals surface area contributed by atoms with Gasteiger partial charge in [0, 0.05) is 10.9 Å². The van der Waals surface area contributed by atoms with E-state index in [-0.39, 0.29) is 18.0 Å². The zero-order valence-electron chi connectivity index (χ0n) is 9.04. The van der Waals surface area contributed by atoms with Crippen molar-refractivity contribution in [2.24, 2.45) is 0 Å². The largest absolute Gasteiger partial charge is 0.293 e. The lowest BCUT2D eigenvalue weighted by atomic mass is 10.1. The van der Waals surface area contributed by atoms with E-state index in [4.69, 9.17) is 0 Å². The molecular formula is C12H9BrFNOS. The highest BCUT2D eigenvalue weighted by Gasteiger charge is 2.14. The van der Waals surface area contributed by atoms with Gasteiger partial charge in [-0.3, -0.25) is 4.79 Å². The Morgan fingerprint density at radius 2 is 2.29 bits per heavy atom. The predicted molar refractivity (Wildman–Crippen MR) is 69.0 cm³/mol. The number of hydrogen-bond donors (Lipinski definition) is 0. The summed E-state index contributed by atoms with van der Waals surface area (Å²) in [6.07, 6.45) is 0.0638. The van der Waals surface area contributed by atoms with Gasteiger partial charge in [0.25, 0.3) is 0 Å². The van der Waals surface area contributed by atoms with Crippen molar-refractivity contribution in [3.05, 3.63) is 50.1 Å². The molecule has 0 unspecified atom stereocenters. The van der Waals surface area contributed by atoms with Crippen molar-refractivity contribution in [1.82, 2.24) is 4.98 Å². The maximum absolute atomic E-state index is 13.5. The van der Waals surface area contributed by atoms with Gasteiger partial charge in [0.2, 0.25) is 0 Å². The van der Waals surface area contributed by atoms with E-state index in [0.29, 0.717) is 16.1 Å². The van der Waals surface area contributed by atoms with Gasteiger partial charge in [-0.15, -0.1) is 11.3 Å². The van der Waals surface area contributed by atoms with Gasteiger partial charge in [0.05, 0.1) is 16.1 Å². The van der Waals surface area contributed by atoms with Crippen molar-refractivity contribution >= 4 is 33.0 Å². The van der Waals surface area contributed by atoms with Gasteiger partial charge < -0.3 is 0 Å². The molecule has 1 aromatic carbocycles. The topological polar surface area (TPSA) is 30.0 Å². The van der Waals surface area contributed by atoms with Gasteiger partial charge in [0.15, 0.2) is 5.78 Å². The third kappa shape index (κ3) is 2.79. The number of aromatic nitrogens is 1. The van der Waals surface area contributed by atoms with E-state index in [9.17, 15) is 9.18 Å². The lowest BCUT2D eigenvalue weighted by Gasteiger charge is -2.02. The highest BCUT2D eigenvalue weighted by Crippen LogP contribution is 2.20. The van der Waals surface area contributed by atoms with Crippen molar-refractivity contribution in [3.8, 4) is 0 Å². The van der Waals surface area contributed by atoms with Gasteiger partial charge in [-0.05, 0) is 30.7 Å². The lowest BCUT2D eigenvalue weighted by Crippen LogP contribution is -2.05. The van der Waals surface area contributed by atoms with Crippen LogP contribution in [-0.4, -0.2) is 10.8 Å². The van der Waals surface area contributed by atoms with E-state index in [1.54, 1.807) is 24.6 Å². The number of halogens is 2. The fraction of sp³-hybridized carbons (Fsp3) is 0.167. The van der Waals surface area contributed by atoms with Crippen LogP contribution in [0.1, 0.15) is 20.9 Å². The number of ketones is 1. The maximum atomic E-state index is 13.5. The first-order chi connectivity index (χ1) is 8.08. The molecule has 1 aromatic heterocycles. The summed E-state index contributed by atoms with van der Waals surface area (Å²) in [6.45, 7) is 1.78. The van der Waals surface area contributed by atoms with Crippen molar-refractivity contribution < 1.29 is 9.18 Å². The van der Waals surface area contributed by atoms with Crippen LogP contribution >= 0.6 is 27.3 Å². The van der Waals surface area contributed by atoms with Crippen LogP contribution in [0.2, 0.25) is 0 Å². The Morgan fingerprint density at radius 1 is 1.53 bits per heavy atom. The number of rotatable bonds is 3. The van der Waals surface area contributed by atoms with Crippen molar-refractivity contribution in [1.29, 1.82) is 0 Å². The van der Waals surface area contributed by atoms with Crippen LogP contribution in [0, 0.1) is 12.7 Å². The minimum absolute atomic E-state index is 0.0638. The van der Waals surface area contributed by atoms with E-state index in [1.807, 2.05) is 0 Å².